The molecule has 0 atom stereocenters. The molecule has 144 valence electrons. The zero-order valence-corrected chi connectivity index (χ0v) is 16.2. The van der Waals surface area contributed by atoms with E-state index in [-0.39, 0.29) is 35.0 Å². The van der Waals surface area contributed by atoms with E-state index in [4.69, 9.17) is 4.52 Å². The molecule has 10 nitrogen and oxygen atoms in total. The Morgan fingerprint density at radius 1 is 1.15 bits per heavy atom. The molecule has 0 aromatic carbocycles. The van der Waals surface area contributed by atoms with E-state index < -0.39 is 10.0 Å². The van der Waals surface area contributed by atoms with Crippen molar-refractivity contribution in [1.82, 2.24) is 29.4 Å². The lowest BCUT2D eigenvalue weighted by atomic mass is 10.4. The van der Waals surface area contributed by atoms with Crippen molar-refractivity contribution in [3.8, 4) is 5.82 Å². The fourth-order valence-electron chi connectivity index (χ4n) is 2.79. The van der Waals surface area contributed by atoms with Gasteiger partial charge in [0.25, 0.3) is 5.56 Å². The summed E-state index contributed by atoms with van der Waals surface area (Å²) in [7, 11) is -3.79. The average Bonchev–Trinajstić information content (AvgIpc) is 3.10. The predicted octanol–water partition coefficient (Wildman–Crippen LogP) is 0.629. The number of rotatable bonds is 6. The molecule has 0 saturated carbocycles. The SMILES string of the molecule is Cc1cc(C)n(-c2ccc(=O)n(CCNS(=O)(=O)c3c(C)noc3C)n2)n1. The van der Waals surface area contributed by atoms with Crippen LogP contribution in [0, 0.1) is 27.7 Å². The molecule has 3 aromatic rings. The second-order valence-corrected chi connectivity index (χ2v) is 7.85. The topological polar surface area (TPSA) is 125 Å². The molecule has 11 heteroatoms. The second kappa shape index (κ2) is 7.08. The highest BCUT2D eigenvalue weighted by Gasteiger charge is 2.23. The Kier molecular flexibility index (Phi) is 4.98. The molecular formula is C16H20N6O4S. The summed E-state index contributed by atoms with van der Waals surface area (Å²) in [4.78, 5) is 12.1. The van der Waals surface area contributed by atoms with Gasteiger partial charge in [-0.2, -0.15) is 5.10 Å². The smallest absolute Gasteiger partial charge is 0.266 e. The lowest BCUT2D eigenvalue weighted by Crippen LogP contribution is -2.32. The minimum Gasteiger partial charge on any atom is -0.360 e. The maximum absolute atomic E-state index is 12.4. The van der Waals surface area contributed by atoms with Gasteiger partial charge in [-0.15, -0.1) is 5.10 Å². The monoisotopic (exact) mass is 392 g/mol. The van der Waals surface area contributed by atoms with E-state index in [1.165, 1.54) is 17.7 Å². The lowest BCUT2D eigenvalue weighted by Gasteiger charge is -2.09. The van der Waals surface area contributed by atoms with Crippen LogP contribution in [0.15, 0.2) is 32.4 Å². The first kappa shape index (κ1) is 19.0. The number of nitrogens with zero attached hydrogens (tertiary/aromatic N) is 5. The highest BCUT2D eigenvalue weighted by atomic mass is 32.2. The highest BCUT2D eigenvalue weighted by Crippen LogP contribution is 2.18. The number of hydrogen-bond donors (Lipinski definition) is 1. The minimum atomic E-state index is -3.79. The number of hydrogen-bond acceptors (Lipinski definition) is 7. The van der Waals surface area contributed by atoms with E-state index in [1.54, 1.807) is 17.7 Å². The van der Waals surface area contributed by atoms with E-state index in [2.05, 4.69) is 20.1 Å². The van der Waals surface area contributed by atoms with E-state index in [9.17, 15) is 13.2 Å². The van der Waals surface area contributed by atoms with Gasteiger partial charge in [0.1, 0.15) is 10.6 Å². The van der Waals surface area contributed by atoms with Crippen molar-refractivity contribution >= 4 is 10.0 Å². The van der Waals surface area contributed by atoms with Crippen LogP contribution >= 0.6 is 0 Å². The van der Waals surface area contributed by atoms with Crippen LogP contribution in [-0.2, 0) is 16.6 Å². The largest absolute Gasteiger partial charge is 0.360 e. The minimum absolute atomic E-state index is 0.0131. The third kappa shape index (κ3) is 3.83. The van der Waals surface area contributed by atoms with Crippen molar-refractivity contribution in [2.45, 2.75) is 39.1 Å². The molecule has 27 heavy (non-hydrogen) atoms. The van der Waals surface area contributed by atoms with Crippen LogP contribution in [0.2, 0.25) is 0 Å². The fraction of sp³-hybridized carbons (Fsp3) is 0.375. The van der Waals surface area contributed by atoms with Gasteiger partial charge >= 0.3 is 0 Å². The normalized spacial score (nSPS) is 11.9. The third-order valence-electron chi connectivity index (χ3n) is 3.93. The number of sulfonamides is 1. The maximum atomic E-state index is 12.4. The van der Waals surface area contributed by atoms with Crippen LogP contribution in [0.1, 0.15) is 22.8 Å². The quantitative estimate of drug-likeness (QED) is 0.652. The van der Waals surface area contributed by atoms with E-state index >= 15 is 0 Å². The highest BCUT2D eigenvalue weighted by molar-refractivity contribution is 7.89. The Bertz CT molecular complexity index is 1120. The zero-order chi connectivity index (χ0) is 19.8. The summed E-state index contributed by atoms with van der Waals surface area (Å²) in [6.07, 6.45) is 0. The summed E-state index contributed by atoms with van der Waals surface area (Å²) in [6.45, 7) is 6.87. The Morgan fingerprint density at radius 3 is 2.48 bits per heavy atom. The third-order valence-corrected chi connectivity index (χ3v) is 5.64. The second-order valence-electron chi connectivity index (χ2n) is 6.14. The van der Waals surface area contributed by atoms with Gasteiger partial charge in [0, 0.05) is 18.3 Å². The van der Waals surface area contributed by atoms with Gasteiger partial charge in [-0.25, -0.2) is 22.5 Å². The Labute approximate surface area is 155 Å². The maximum Gasteiger partial charge on any atom is 0.266 e. The molecule has 1 N–H and O–H groups in total. The zero-order valence-electron chi connectivity index (χ0n) is 15.4. The Hall–Kier alpha value is -2.79. The number of aryl methyl sites for hydroxylation is 4. The summed E-state index contributed by atoms with van der Waals surface area (Å²) in [5.41, 5.74) is 1.65. The Balaban J connectivity index is 1.78. The van der Waals surface area contributed by atoms with Gasteiger partial charge in [-0.05, 0) is 39.8 Å². The summed E-state index contributed by atoms with van der Waals surface area (Å²) >= 11 is 0. The van der Waals surface area contributed by atoms with Crippen LogP contribution < -0.4 is 10.3 Å². The van der Waals surface area contributed by atoms with Crippen LogP contribution in [-0.4, -0.2) is 39.7 Å². The molecule has 0 fully saturated rings. The van der Waals surface area contributed by atoms with E-state index in [0.29, 0.717) is 5.82 Å². The lowest BCUT2D eigenvalue weighted by molar-refractivity contribution is 0.390. The van der Waals surface area contributed by atoms with Crippen LogP contribution in [0.5, 0.6) is 0 Å². The first-order chi connectivity index (χ1) is 12.7. The molecule has 3 rings (SSSR count). The van der Waals surface area contributed by atoms with Crippen molar-refractivity contribution in [2.24, 2.45) is 0 Å². The van der Waals surface area contributed by atoms with Crippen molar-refractivity contribution in [3.05, 3.63) is 51.4 Å². The molecule has 0 aliphatic heterocycles. The van der Waals surface area contributed by atoms with Crippen molar-refractivity contribution in [2.75, 3.05) is 6.54 Å². The van der Waals surface area contributed by atoms with Crippen molar-refractivity contribution in [1.29, 1.82) is 0 Å². The Morgan fingerprint density at radius 2 is 1.89 bits per heavy atom. The number of aromatic nitrogens is 5. The van der Waals surface area contributed by atoms with Crippen molar-refractivity contribution < 1.29 is 12.9 Å². The van der Waals surface area contributed by atoms with Gasteiger partial charge in [0.05, 0.1) is 12.2 Å². The van der Waals surface area contributed by atoms with Gasteiger partial charge in [0.2, 0.25) is 10.0 Å². The molecule has 0 saturated heterocycles. The van der Waals surface area contributed by atoms with Crippen molar-refractivity contribution in [3.63, 3.8) is 0 Å². The van der Waals surface area contributed by atoms with Crippen LogP contribution in [0.4, 0.5) is 0 Å². The molecule has 0 aliphatic rings. The summed E-state index contributed by atoms with van der Waals surface area (Å²) < 4.78 is 35.0. The van der Waals surface area contributed by atoms with E-state index in [0.717, 1.165) is 11.4 Å². The fourth-order valence-corrected chi connectivity index (χ4v) is 4.13. The first-order valence-electron chi connectivity index (χ1n) is 8.23. The molecule has 0 radical (unpaired) electrons. The average molecular weight is 392 g/mol. The van der Waals surface area contributed by atoms with E-state index in [1.807, 2.05) is 19.9 Å². The molecule has 0 bridgehead atoms. The summed E-state index contributed by atoms with van der Waals surface area (Å²) in [5.74, 6) is 0.690. The van der Waals surface area contributed by atoms with Gasteiger partial charge in [0.15, 0.2) is 11.6 Å². The molecule has 3 heterocycles. The molecular weight excluding hydrogens is 372 g/mol. The first-order valence-corrected chi connectivity index (χ1v) is 9.72. The summed E-state index contributed by atoms with van der Waals surface area (Å²) in [5, 5.41) is 12.3. The molecule has 0 amide bonds. The molecule has 0 spiro atoms. The molecule has 3 aromatic heterocycles. The summed E-state index contributed by atoms with van der Waals surface area (Å²) in [6, 6.07) is 4.85. The van der Waals surface area contributed by atoms with Gasteiger partial charge in [-0.3, -0.25) is 4.79 Å². The molecule has 0 aliphatic carbocycles. The number of nitrogens with one attached hydrogen (secondary N) is 1. The molecule has 0 unspecified atom stereocenters. The van der Waals surface area contributed by atoms with Gasteiger partial charge < -0.3 is 4.52 Å². The van der Waals surface area contributed by atoms with Crippen LogP contribution in [0.25, 0.3) is 5.82 Å². The predicted molar refractivity (Wildman–Crippen MR) is 96.3 cm³/mol. The van der Waals surface area contributed by atoms with Crippen LogP contribution in [0.3, 0.4) is 0 Å². The van der Waals surface area contributed by atoms with Gasteiger partial charge in [-0.1, -0.05) is 5.16 Å². The standard InChI is InChI=1S/C16H20N6O4S/c1-10-9-11(2)22(18-10)14-5-6-15(23)21(19-14)8-7-17-27(24,25)16-12(3)20-26-13(16)4/h5-6,9,17H,7-8H2,1-4H3.